The van der Waals surface area contributed by atoms with E-state index in [1.165, 1.54) is 0 Å². The number of hydrogen-bond acceptors (Lipinski definition) is 4. The summed E-state index contributed by atoms with van der Waals surface area (Å²) >= 11 is 0. The molecule has 1 unspecified atom stereocenters. The molecule has 1 amide bonds. The summed E-state index contributed by atoms with van der Waals surface area (Å²) in [5, 5.41) is 8.92. The van der Waals surface area contributed by atoms with Gasteiger partial charge in [-0.3, -0.25) is 14.4 Å². The van der Waals surface area contributed by atoms with E-state index in [2.05, 4.69) is 0 Å². The van der Waals surface area contributed by atoms with Gasteiger partial charge in [-0.05, 0) is 6.07 Å². The van der Waals surface area contributed by atoms with E-state index >= 15 is 0 Å². The minimum absolute atomic E-state index is 0.158. The van der Waals surface area contributed by atoms with Gasteiger partial charge in [0.05, 0.1) is 24.7 Å². The number of hydrogen-bond donors (Lipinski definition) is 1. The number of carbonyl (C=O) groups is 3. The van der Waals surface area contributed by atoms with Crippen LogP contribution in [0.5, 0.6) is 0 Å². The van der Waals surface area contributed by atoms with Gasteiger partial charge < -0.3 is 14.7 Å². The molecule has 26 heavy (non-hydrogen) atoms. The van der Waals surface area contributed by atoms with Gasteiger partial charge in [-0.2, -0.15) is 0 Å². The molecule has 6 nitrogen and oxygen atoms in total. The number of amides is 1. The van der Waals surface area contributed by atoms with E-state index in [0.717, 1.165) is 0 Å². The maximum absolute atomic E-state index is 13.0. The third-order valence-electron chi connectivity index (χ3n) is 4.27. The molecule has 1 aliphatic rings. The van der Waals surface area contributed by atoms with Crippen LogP contribution in [0.15, 0.2) is 54.6 Å². The summed E-state index contributed by atoms with van der Waals surface area (Å²) in [5.41, 5.74) is 1.17. The molecular weight excluding hydrogens is 334 g/mol. The van der Waals surface area contributed by atoms with Crippen molar-refractivity contribution < 1.29 is 24.2 Å². The first kappa shape index (κ1) is 17.8. The van der Waals surface area contributed by atoms with E-state index < -0.39 is 12.1 Å². The zero-order chi connectivity index (χ0) is 18.5. The molecule has 0 bridgehead atoms. The molecule has 1 N–H and O–H groups in total. The third kappa shape index (κ3) is 3.97. The highest BCUT2D eigenvalue weighted by molar-refractivity contribution is 6.15. The average Bonchev–Trinajstić information content (AvgIpc) is 2.67. The fourth-order valence-corrected chi connectivity index (χ4v) is 3.01. The number of carboxylic acids is 1. The van der Waals surface area contributed by atoms with Crippen molar-refractivity contribution in [3.8, 4) is 0 Å². The normalized spacial score (nSPS) is 16.9. The maximum atomic E-state index is 13.0. The summed E-state index contributed by atoms with van der Waals surface area (Å²) in [6.07, 6.45) is -0.698. The van der Waals surface area contributed by atoms with Crippen LogP contribution in [-0.4, -0.2) is 53.5 Å². The number of morpholine rings is 1. The van der Waals surface area contributed by atoms with Gasteiger partial charge in [0, 0.05) is 24.2 Å². The van der Waals surface area contributed by atoms with E-state index in [9.17, 15) is 14.4 Å². The van der Waals surface area contributed by atoms with Gasteiger partial charge in [0.2, 0.25) is 0 Å². The number of rotatable bonds is 5. The highest BCUT2D eigenvalue weighted by Gasteiger charge is 2.28. The summed E-state index contributed by atoms with van der Waals surface area (Å²) in [6.45, 7) is 0.834. The summed E-state index contributed by atoms with van der Waals surface area (Å²) in [5.74, 6) is -1.47. The van der Waals surface area contributed by atoms with Crippen molar-refractivity contribution >= 4 is 17.7 Å². The first-order chi connectivity index (χ1) is 12.6. The van der Waals surface area contributed by atoms with Gasteiger partial charge in [0.25, 0.3) is 5.91 Å². The Kier molecular flexibility index (Phi) is 5.43. The van der Waals surface area contributed by atoms with Gasteiger partial charge in [-0.1, -0.05) is 48.5 Å². The summed E-state index contributed by atoms with van der Waals surface area (Å²) in [7, 11) is 0. The number of aliphatic carboxylic acids is 1. The van der Waals surface area contributed by atoms with E-state index in [0.29, 0.717) is 23.2 Å². The molecule has 1 aliphatic heterocycles. The number of nitrogens with zero attached hydrogens (tertiary/aromatic N) is 1. The number of carbonyl (C=O) groups excluding carboxylic acids is 2. The molecule has 1 saturated heterocycles. The second-order valence-electron chi connectivity index (χ2n) is 6.08. The van der Waals surface area contributed by atoms with E-state index in [1.54, 1.807) is 53.4 Å². The number of carboxylic acid groups (broad SMARTS) is 1. The topological polar surface area (TPSA) is 83.9 Å². The lowest BCUT2D eigenvalue weighted by Crippen LogP contribution is -2.46. The minimum atomic E-state index is -0.969. The average molecular weight is 353 g/mol. The highest BCUT2D eigenvalue weighted by atomic mass is 16.5. The van der Waals surface area contributed by atoms with Crippen LogP contribution in [0.3, 0.4) is 0 Å². The Morgan fingerprint density at radius 2 is 1.65 bits per heavy atom. The van der Waals surface area contributed by atoms with E-state index in [1.807, 2.05) is 6.07 Å². The predicted molar refractivity (Wildman–Crippen MR) is 94.2 cm³/mol. The van der Waals surface area contributed by atoms with Gasteiger partial charge in [-0.25, -0.2) is 0 Å². The molecule has 1 atom stereocenters. The van der Waals surface area contributed by atoms with Crippen molar-refractivity contribution in [2.45, 2.75) is 12.5 Å². The van der Waals surface area contributed by atoms with Crippen molar-refractivity contribution in [2.75, 3.05) is 19.7 Å². The Balaban J connectivity index is 1.84. The van der Waals surface area contributed by atoms with E-state index in [-0.39, 0.29) is 31.3 Å². The zero-order valence-electron chi connectivity index (χ0n) is 14.1. The fraction of sp³-hybridized carbons (Fsp3) is 0.250. The number of ether oxygens (including phenoxy) is 1. The molecule has 134 valence electrons. The van der Waals surface area contributed by atoms with Gasteiger partial charge in [-0.15, -0.1) is 0 Å². The molecule has 0 aromatic heterocycles. The summed E-state index contributed by atoms with van der Waals surface area (Å²) < 4.78 is 5.41. The molecule has 0 saturated carbocycles. The zero-order valence-corrected chi connectivity index (χ0v) is 14.1. The predicted octanol–water partition coefficient (Wildman–Crippen LogP) is 2.23. The summed E-state index contributed by atoms with van der Waals surface area (Å²) in [6, 6.07) is 15.5. The lowest BCUT2D eigenvalue weighted by molar-refractivity contribution is -0.141. The number of benzene rings is 2. The second kappa shape index (κ2) is 7.93. The van der Waals surface area contributed by atoms with Crippen molar-refractivity contribution in [2.24, 2.45) is 0 Å². The molecular formula is C20H19NO5. The van der Waals surface area contributed by atoms with Crippen LogP contribution in [0.4, 0.5) is 0 Å². The van der Waals surface area contributed by atoms with Gasteiger partial charge in [0.1, 0.15) is 0 Å². The molecule has 0 aliphatic carbocycles. The standard InChI is InChI=1S/C20H19NO5/c22-18(23)12-15-13-21(10-11-26-15)20(25)17-9-5-4-8-16(17)19(24)14-6-2-1-3-7-14/h1-9,15H,10-13H2,(H,22,23). The van der Waals surface area contributed by atoms with Crippen LogP contribution < -0.4 is 0 Å². The first-order valence-electron chi connectivity index (χ1n) is 8.37. The van der Waals surface area contributed by atoms with Crippen LogP contribution >= 0.6 is 0 Å². The van der Waals surface area contributed by atoms with Crippen LogP contribution in [0, 0.1) is 0 Å². The SMILES string of the molecule is O=C(O)CC1CN(C(=O)c2ccccc2C(=O)c2ccccc2)CCO1. The quantitative estimate of drug-likeness (QED) is 0.834. The Morgan fingerprint density at radius 1 is 1.00 bits per heavy atom. The Bertz CT molecular complexity index is 818. The highest BCUT2D eigenvalue weighted by Crippen LogP contribution is 2.19. The Labute approximate surface area is 151 Å². The van der Waals surface area contributed by atoms with Crippen LogP contribution in [-0.2, 0) is 9.53 Å². The molecule has 0 spiro atoms. The molecule has 1 heterocycles. The van der Waals surface area contributed by atoms with Crippen molar-refractivity contribution in [1.29, 1.82) is 0 Å². The van der Waals surface area contributed by atoms with Crippen LogP contribution in [0.2, 0.25) is 0 Å². The summed E-state index contributed by atoms with van der Waals surface area (Å²) in [4.78, 5) is 38.2. The lowest BCUT2D eigenvalue weighted by Gasteiger charge is -2.32. The monoisotopic (exact) mass is 353 g/mol. The third-order valence-corrected chi connectivity index (χ3v) is 4.27. The molecule has 6 heteroatoms. The van der Waals surface area contributed by atoms with Crippen LogP contribution in [0.25, 0.3) is 0 Å². The lowest BCUT2D eigenvalue weighted by atomic mass is 9.97. The smallest absolute Gasteiger partial charge is 0.306 e. The van der Waals surface area contributed by atoms with Crippen molar-refractivity contribution in [3.05, 3.63) is 71.3 Å². The molecule has 0 radical (unpaired) electrons. The van der Waals surface area contributed by atoms with E-state index in [4.69, 9.17) is 9.84 Å². The molecule has 2 aromatic rings. The molecule has 1 fully saturated rings. The second-order valence-corrected chi connectivity index (χ2v) is 6.08. The van der Waals surface area contributed by atoms with Gasteiger partial charge in [0.15, 0.2) is 5.78 Å². The van der Waals surface area contributed by atoms with Crippen molar-refractivity contribution in [3.63, 3.8) is 0 Å². The fourth-order valence-electron chi connectivity index (χ4n) is 3.01. The maximum Gasteiger partial charge on any atom is 0.306 e. The van der Waals surface area contributed by atoms with Gasteiger partial charge >= 0.3 is 5.97 Å². The minimum Gasteiger partial charge on any atom is -0.481 e. The van der Waals surface area contributed by atoms with Crippen LogP contribution in [0.1, 0.15) is 32.7 Å². The van der Waals surface area contributed by atoms with Crippen molar-refractivity contribution in [1.82, 2.24) is 4.90 Å². The Hall–Kier alpha value is -2.99. The largest absolute Gasteiger partial charge is 0.481 e. The molecule has 2 aromatic carbocycles. The number of ketones is 1. The molecule has 3 rings (SSSR count). The first-order valence-corrected chi connectivity index (χ1v) is 8.37. The Morgan fingerprint density at radius 3 is 2.35 bits per heavy atom.